The summed E-state index contributed by atoms with van der Waals surface area (Å²) in [5.41, 5.74) is 2.32. The van der Waals surface area contributed by atoms with Crippen molar-refractivity contribution in [1.29, 1.82) is 0 Å². The molecule has 2 heterocycles. The Morgan fingerprint density at radius 3 is 2.47 bits per heavy atom. The van der Waals surface area contributed by atoms with E-state index < -0.39 is 11.8 Å². The monoisotopic (exact) mass is 453 g/mol. The van der Waals surface area contributed by atoms with Gasteiger partial charge in [0.25, 0.3) is 17.7 Å². The van der Waals surface area contributed by atoms with Crippen LogP contribution in [0.3, 0.4) is 0 Å². The Morgan fingerprint density at radius 1 is 1.03 bits per heavy atom. The van der Waals surface area contributed by atoms with E-state index in [2.05, 4.69) is 10.6 Å². The highest BCUT2D eigenvalue weighted by molar-refractivity contribution is 6.47. The number of carbonyl (C=O) groups excluding carboxylic acids is 3. The Balaban J connectivity index is 1.32. The van der Waals surface area contributed by atoms with Gasteiger partial charge in [-0.15, -0.1) is 0 Å². The van der Waals surface area contributed by atoms with Crippen molar-refractivity contribution >= 4 is 29.3 Å². The fourth-order valence-corrected chi connectivity index (χ4v) is 3.94. The molecule has 166 valence electrons. The van der Waals surface area contributed by atoms with E-state index >= 15 is 0 Å². The summed E-state index contributed by atoms with van der Waals surface area (Å²) < 4.78 is 5.51. The van der Waals surface area contributed by atoms with Gasteiger partial charge in [-0.05, 0) is 36.1 Å². The van der Waals surface area contributed by atoms with Crippen LogP contribution in [-0.4, -0.2) is 41.9 Å². The van der Waals surface area contributed by atoms with Gasteiger partial charge in [0, 0.05) is 25.3 Å². The van der Waals surface area contributed by atoms with E-state index in [9.17, 15) is 14.4 Å². The molecule has 0 aliphatic carbocycles. The van der Waals surface area contributed by atoms with Crippen LogP contribution in [0, 0.1) is 0 Å². The van der Waals surface area contributed by atoms with Gasteiger partial charge in [-0.2, -0.15) is 0 Å². The van der Waals surface area contributed by atoms with Crippen molar-refractivity contribution in [1.82, 2.24) is 15.5 Å². The molecular weight excluding hydrogens is 430 g/mol. The predicted molar refractivity (Wildman–Crippen MR) is 119 cm³/mol. The van der Waals surface area contributed by atoms with E-state index in [-0.39, 0.29) is 29.3 Å². The molecule has 1 fully saturated rings. The van der Waals surface area contributed by atoms with E-state index in [1.165, 1.54) is 0 Å². The molecular formula is C24H24ClN3O4. The van der Waals surface area contributed by atoms with Crippen LogP contribution in [0.1, 0.15) is 34.3 Å². The summed E-state index contributed by atoms with van der Waals surface area (Å²) in [6.07, 6.45) is 2.09. The minimum Gasteiger partial charge on any atom is -0.376 e. The highest BCUT2D eigenvalue weighted by Crippen LogP contribution is 2.24. The molecule has 0 aromatic heterocycles. The number of nitrogens with one attached hydrogen (secondary N) is 2. The lowest BCUT2D eigenvalue weighted by molar-refractivity contribution is -0.138. The van der Waals surface area contributed by atoms with Crippen LogP contribution in [-0.2, 0) is 27.4 Å². The Morgan fingerprint density at radius 2 is 1.78 bits per heavy atom. The third-order valence-electron chi connectivity index (χ3n) is 5.49. The number of carbonyl (C=O) groups is 3. The van der Waals surface area contributed by atoms with Gasteiger partial charge in [-0.3, -0.25) is 19.3 Å². The zero-order valence-corrected chi connectivity index (χ0v) is 18.2. The van der Waals surface area contributed by atoms with Crippen molar-refractivity contribution in [3.05, 3.63) is 82.0 Å². The van der Waals surface area contributed by atoms with Crippen LogP contribution in [0.5, 0.6) is 0 Å². The molecule has 8 heteroatoms. The summed E-state index contributed by atoms with van der Waals surface area (Å²) in [5, 5.41) is 5.74. The predicted octanol–water partition coefficient (Wildman–Crippen LogP) is 2.70. The van der Waals surface area contributed by atoms with Gasteiger partial charge >= 0.3 is 0 Å². The van der Waals surface area contributed by atoms with Crippen LogP contribution >= 0.6 is 11.6 Å². The molecule has 7 nitrogen and oxygen atoms in total. The van der Waals surface area contributed by atoms with Gasteiger partial charge in [0.05, 0.1) is 12.6 Å². The fourth-order valence-electron chi connectivity index (χ4n) is 3.69. The summed E-state index contributed by atoms with van der Waals surface area (Å²) in [7, 11) is 0. The van der Waals surface area contributed by atoms with E-state index in [1.807, 2.05) is 30.3 Å². The Kier molecular flexibility index (Phi) is 6.87. The molecule has 3 amide bonds. The first-order valence-corrected chi connectivity index (χ1v) is 10.9. The number of hydrogen-bond acceptors (Lipinski definition) is 5. The third kappa shape index (κ3) is 5.00. The number of imide groups is 1. The van der Waals surface area contributed by atoms with Crippen molar-refractivity contribution in [3.63, 3.8) is 0 Å². The second kappa shape index (κ2) is 9.97. The molecule has 1 saturated heterocycles. The van der Waals surface area contributed by atoms with Gasteiger partial charge in [-0.1, -0.05) is 54.1 Å². The number of hydrogen-bond donors (Lipinski definition) is 2. The van der Waals surface area contributed by atoms with Crippen LogP contribution in [0.15, 0.2) is 65.3 Å². The van der Waals surface area contributed by atoms with Crippen molar-refractivity contribution in [3.8, 4) is 0 Å². The quantitative estimate of drug-likeness (QED) is 0.600. The average molecular weight is 454 g/mol. The van der Waals surface area contributed by atoms with Crippen LogP contribution in [0.2, 0.25) is 0 Å². The number of halogens is 1. The van der Waals surface area contributed by atoms with E-state index in [0.717, 1.165) is 35.5 Å². The maximum Gasteiger partial charge on any atom is 0.278 e. The first kappa shape index (κ1) is 22.0. The number of benzene rings is 2. The normalized spacial score (nSPS) is 18.4. The molecule has 2 aromatic rings. The number of rotatable bonds is 8. The summed E-state index contributed by atoms with van der Waals surface area (Å²) in [5.74, 6) is -1.12. The van der Waals surface area contributed by atoms with Gasteiger partial charge in [0.2, 0.25) is 0 Å². The Bertz CT molecular complexity index is 1030. The molecule has 1 unspecified atom stereocenters. The van der Waals surface area contributed by atoms with Gasteiger partial charge in [-0.25, -0.2) is 0 Å². The van der Waals surface area contributed by atoms with Crippen molar-refractivity contribution in [2.75, 3.05) is 13.2 Å². The number of nitrogens with zero attached hydrogens (tertiary/aromatic N) is 1. The molecule has 0 radical (unpaired) electrons. The van der Waals surface area contributed by atoms with E-state index in [1.54, 1.807) is 24.3 Å². The van der Waals surface area contributed by atoms with E-state index in [4.69, 9.17) is 16.3 Å². The highest BCUT2D eigenvalue weighted by atomic mass is 35.5. The molecule has 2 aliphatic heterocycles. The largest absolute Gasteiger partial charge is 0.376 e. The van der Waals surface area contributed by atoms with Crippen LogP contribution in [0.4, 0.5) is 0 Å². The van der Waals surface area contributed by atoms with Crippen molar-refractivity contribution < 1.29 is 19.1 Å². The standard InChI is InChI=1S/C24H24ClN3O4/c25-20-21(24(31)28(23(20)30)15-17-5-2-1-3-6-17)26-13-16-8-10-18(11-9-16)22(29)27-14-19-7-4-12-32-19/h1-3,5-6,8-11,19,26H,4,7,12-15H2,(H,27,29). The first-order chi connectivity index (χ1) is 15.5. The molecule has 1 atom stereocenters. The summed E-state index contributed by atoms with van der Waals surface area (Å²) in [6.45, 7) is 1.71. The molecule has 2 aromatic carbocycles. The molecule has 2 N–H and O–H groups in total. The second-order valence-corrected chi connectivity index (χ2v) is 8.14. The third-order valence-corrected chi connectivity index (χ3v) is 5.85. The SMILES string of the molecule is O=C(NCC1CCCO1)c1ccc(CNC2=C(Cl)C(=O)N(Cc3ccccc3)C2=O)cc1. The van der Waals surface area contributed by atoms with Gasteiger partial charge < -0.3 is 15.4 Å². The van der Waals surface area contributed by atoms with Gasteiger partial charge in [0.1, 0.15) is 10.7 Å². The molecule has 32 heavy (non-hydrogen) atoms. The molecule has 2 aliphatic rings. The lowest BCUT2D eigenvalue weighted by Crippen LogP contribution is -2.33. The number of amides is 3. The van der Waals surface area contributed by atoms with Crippen LogP contribution in [0.25, 0.3) is 0 Å². The summed E-state index contributed by atoms with van der Waals surface area (Å²) in [4.78, 5) is 38.6. The zero-order chi connectivity index (χ0) is 22.5. The summed E-state index contributed by atoms with van der Waals surface area (Å²) >= 11 is 6.15. The maximum atomic E-state index is 12.7. The van der Waals surface area contributed by atoms with Crippen molar-refractivity contribution in [2.45, 2.75) is 32.0 Å². The Labute approximate surface area is 191 Å². The highest BCUT2D eigenvalue weighted by Gasteiger charge is 2.37. The molecule has 0 bridgehead atoms. The van der Waals surface area contributed by atoms with E-state index in [0.29, 0.717) is 18.7 Å². The summed E-state index contributed by atoms with van der Waals surface area (Å²) in [6, 6.07) is 16.3. The first-order valence-electron chi connectivity index (χ1n) is 10.6. The topological polar surface area (TPSA) is 87.7 Å². The van der Waals surface area contributed by atoms with Crippen LogP contribution < -0.4 is 10.6 Å². The zero-order valence-electron chi connectivity index (χ0n) is 17.5. The fraction of sp³-hybridized carbons (Fsp3) is 0.292. The van der Waals surface area contributed by atoms with Gasteiger partial charge in [0.15, 0.2) is 0 Å². The second-order valence-electron chi connectivity index (χ2n) is 7.77. The maximum absolute atomic E-state index is 12.7. The minimum absolute atomic E-state index is 0.0889. The lowest BCUT2D eigenvalue weighted by atomic mass is 10.1. The molecule has 4 rings (SSSR count). The Hall–Kier alpha value is -3.16. The smallest absolute Gasteiger partial charge is 0.278 e. The molecule has 0 saturated carbocycles. The molecule has 0 spiro atoms. The lowest BCUT2D eigenvalue weighted by Gasteiger charge is -2.15. The van der Waals surface area contributed by atoms with Crippen molar-refractivity contribution in [2.24, 2.45) is 0 Å². The average Bonchev–Trinajstić information content (AvgIpc) is 3.41. The minimum atomic E-state index is -0.513. The number of ether oxygens (including phenoxy) is 1.